The zero-order valence-electron chi connectivity index (χ0n) is 12.3. The Bertz CT molecular complexity index is 494. The van der Waals surface area contributed by atoms with Gasteiger partial charge in [0.05, 0.1) is 0 Å². The number of nitrogens with one attached hydrogen (secondary N) is 1. The number of amides is 3. The van der Waals surface area contributed by atoms with Gasteiger partial charge in [-0.05, 0) is 36.8 Å². The zero-order chi connectivity index (χ0) is 14.7. The van der Waals surface area contributed by atoms with Gasteiger partial charge in [0.15, 0.2) is 0 Å². The summed E-state index contributed by atoms with van der Waals surface area (Å²) in [7, 11) is 0. The van der Waals surface area contributed by atoms with Crippen LogP contribution in [0.4, 0.5) is 4.79 Å². The molecular weight excluding hydrogens is 252 g/mol. The fourth-order valence-corrected chi connectivity index (χ4v) is 2.38. The number of rotatable bonds is 5. The molecule has 108 valence electrons. The highest BCUT2D eigenvalue weighted by molar-refractivity contribution is 6.03. The Morgan fingerprint density at radius 1 is 1.20 bits per heavy atom. The number of imide groups is 1. The van der Waals surface area contributed by atoms with Crippen molar-refractivity contribution in [1.29, 1.82) is 0 Å². The highest BCUT2D eigenvalue weighted by atomic mass is 16.2. The summed E-state index contributed by atoms with van der Waals surface area (Å²) in [5.41, 5.74) is 2.58. The van der Waals surface area contributed by atoms with Crippen LogP contribution in [0.1, 0.15) is 44.2 Å². The van der Waals surface area contributed by atoms with Gasteiger partial charge in [-0.15, -0.1) is 0 Å². The van der Waals surface area contributed by atoms with Crippen LogP contribution in [0.5, 0.6) is 0 Å². The van der Waals surface area contributed by atoms with Gasteiger partial charge in [-0.3, -0.25) is 9.69 Å². The van der Waals surface area contributed by atoms with Crippen LogP contribution in [0, 0.1) is 0 Å². The first kappa shape index (κ1) is 14.6. The number of carbonyl (C=O) groups excluding carboxylic acids is 2. The molecule has 1 aliphatic heterocycles. The highest BCUT2D eigenvalue weighted by Gasteiger charge is 2.34. The number of hydrogen-bond donors (Lipinski definition) is 1. The second kappa shape index (κ2) is 6.07. The van der Waals surface area contributed by atoms with E-state index in [1.54, 1.807) is 6.92 Å². The van der Waals surface area contributed by atoms with Crippen LogP contribution in [-0.2, 0) is 11.2 Å². The molecule has 1 aromatic rings. The van der Waals surface area contributed by atoms with E-state index in [4.69, 9.17) is 0 Å². The molecule has 1 unspecified atom stereocenters. The van der Waals surface area contributed by atoms with Gasteiger partial charge in [0.2, 0.25) is 0 Å². The Labute approximate surface area is 120 Å². The lowest BCUT2D eigenvalue weighted by Crippen LogP contribution is -2.32. The van der Waals surface area contributed by atoms with Crippen molar-refractivity contribution in [2.24, 2.45) is 0 Å². The van der Waals surface area contributed by atoms with Gasteiger partial charge >= 0.3 is 6.03 Å². The zero-order valence-corrected chi connectivity index (χ0v) is 12.3. The quantitative estimate of drug-likeness (QED) is 0.839. The second-order valence-electron chi connectivity index (χ2n) is 5.66. The van der Waals surface area contributed by atoms with E-state index in [1.807, 2.05) is 0 Å². The minimum Gasteiger partial charge on any atom is -0.326 e. The molecule has 20 heavy (non-hydrogen) atoms. The Morgan fingerprint density at radius 3 is 2.35 bits per heavy atom. The largest absolute Gasteiger partial charge is 0.326 e. The van der Waals surface area contributed by atoms with Crippen LogP contribution in [0.3, 0.4) is 0 Å². The van der Waals surface area contributed by atoms with E-state index in [-0.39, 0.29) is 18.0 Å². The maximum atomic E-state index is 11.7. The molecule has 1 aromatic carbocycles. The average Bonchev–Trinajstić information content (AvgIpc) is 2.65. The van der Waals surface area contributed by atoms with Gasteiger partial charge < -0.3 is 5.32 Å². The van der Waals surface area contributed by atoms with Crippen LogP contribution < -0.4 is 5.32 Å². The van der Waals surface area contributed by atoms with Gasteiger partial charge in [-0.25, -0.2) is 4.79 Å². The van der Waals surface area contributed by atoms with E-state index in [1.165, 1.54) is 16.0 Å². The van der Waals surface area contributed by atoms with Gasteiger partial charge in [0, 0.05) is 6.54 Å². The van der Waals surface area contributed by atoms with Gasteiger partial charge in [0.25, 0.3) is 5.91 Å². The minimum atomic E-state index is -0.382. The molecule has 1 fully saturated rings. The number of carbonyl (C=O) groups is 2. The number of benzene rings is 1. The first-order valence-corrected chi connectivity index (χ1v) is 7.19. The van der Waals surface area contributed by atoms with Gasteiger partial charge in [-0.2, -0.15) is 0 Å². The number of hydrogen-bond acceptors (Lipinski definition) is 2. The predicted molar refractivity (Wildman–Crippen MR) is 78.6 cm³/mol. The average molecular weight is 274 g/mol. The Kier molecular flexibility index (Phi) is 4.42. The maximum absolute atomic E-state index is 11.7. The molecule has 1 saturated heterocycles. The molecule has 3 amide bonds. The number of nitrogens with zero attached hydrogens (tertiary/aromatic N) is 1. The molecule has 1 aliphatic rings. The smallest absolute Gasteiger partial charge is 0.324 e. The third-order valence-electron chi connectivity index (χ3n) is 3.72. The molecule has 2 rings (SSSR count). The van der Waals surface area contributed by atoms with Crippen LogP contribution in [0.15, 0.2) is 24.3 Å². The van der Waals surface area contributed by atoms with Gasteiger partial charge in [-0.1, -0.05) is 38.1 Å². The van der Waals surface area contributed by atoms with Crippen molar-refractivity contribution in [3.63, 3.8) is 0 Å². The summed E-state index contributed by atoms with van der Waals surface area (Å²) in [6, 6.07) is 7.91. The van der Waals surface area contributed by atoms with E-state index in [2.05, 4.69) is 43.4 Å². The van der Waals surface area contributed by atoms with Crippen molar-refractivity contribution in [3.8, 4) is 0 Å². The molecule has 4 nitrogen and oxygen atoms in total. The second-order valence-corrected chi connectivity index (χ2v) is 5.66. The number of urea groups is 1. The SMILES string of the molecule is CC1NC(=O)N(CCCc2ccc(C(C)C)cc2)C1=O. The number of aryl methyl sites for hydroxylation is 1. The van der Waals surface area contributed by atoms with E-state index < -0.39 is 0 Å². The summed E-state index contributed by atoms with van der Waals surface area (Å²) in [4.78, 5) is 24.6. The van der Waals surface area contributed by atoms with Crippen molar-refractivity contribution < 1.29 is 9.59 Å². The first-order valence-electron chi connectivity index (χ1n) is 7.19. The fraction of sp³-hybridized carbons (Fsp3) is 0.500. The summed E-state index contributed by atoms with van der Waals surface area (Å²) in [6.45, 7) is 6.55. The molecule has 1 heterocycles. The normalized spacial score (nSPS) is 18.8. The first-order chi connectivity index (χ1) is 9.49. The van der Waals surface area contributed by atoms with Crippen molar-refractivity contribution in [2.45, 2.75) is 45.6 Å². The predicted octanol–water partition coefficient (Wildman–Crippen LogP) is 2.68. The van der Waals surface area contributed by atoms with E-state index in [0.29, 0.717) is 12.5 Å². The lowest BCUT2D eigenvalue weighted by atomic mass is 10.0. The Balaban J connectivity index is 1.84. The maximum Gasteiger partial charge on any atom is 0.324 e. The fourth-order valence-electron chi connectivity index (χ4n) is 2.38. The molecule has 0 aliphatic carbocycles. The standard InChI is InChI=1S/C16H22N2O2/c1-11(2)14-8-6-13(7-9-14)5-4-10-18-15(19)12(3)17-16(18)20/h6-9,11-12H,4-5,10H2,1-3H3,(H,17,20). The molecule has 4 heteroatoms. The van der Waals surface area contributed by atoms with Crippen molar-refractivity contribution in [2.75, 3.05) is 6.54 Å². The Morgan fingerprint density at radius 2 is 1.85 bits per heavy atom. The van der Waals surface area contributed by atoms with Crippen LogP contribution in [0.25, 0.3) is 0 Å². The van der Waals surface area contributed by atoms with Crippen LogP contribution in [0.2, 0.25) is 0 Å². The molecule has 0 bridgehead atoms. The molecule has 0 spiro atoms. The van der Waals surface area contributed by atoms with Crippen LogP contribution in [-0.4, -0.2) is 29.4 Å². The topological polar surface area (TPSA) is 49.4 Å². The summed E-state index contributed by atoms with van der Waals surface area (Å²) in [6.07, 6.45) is 1.68. The molecule has 0 aromatic heterocycles. The van der Waals surface area contributed by atoms with Crippen molar-refractivity contribution in [3.05, 3.63) is 35.4 Å². The Hall–Kier alpha value is -1.84. The van der Waals surface area contributed by atoms with Gasteiger partial charge in [0.1, 0.15) is 6.04 Å². The summed E-state index contributed by atoms with van der Waals surface area (Å²) >= 11 is 0. The summed E-state index contributed by atoms with van der Waals surface area (Å²) in [5.74, 6) is 0.418. The lowest BCUT2D eigenvalue weighted by molar-refractivity contribution is -0.127. The molecular formula is C16H22N2O2. The summed E-state index contributed by atoms with van der Waals surface area (Å²) in [5, 5.41) is 2.62. The van der Waals surface area contributed by atoms with Crippen LogP contribution >= 0.6 is 0 Å². The summed E-state index contributed by atoms with van der Waals surface area (Å²) < 4.78 is 0. The third kappa shape index (κ3) is 3.18. The lowest BCUT2D eigenvalue weighted by Gasteiger charge is -2.12. The van der Waals surface area contributed by atoms with E-state index in [9.17, 15) is 9.59 Å². The van der Waals surface area contributed by atoms with Crippen molar-refractivity contribution >= 4 is 11.9 Å². The molecule has 1 atom stereocenters. The minimum absolute atomic E-state index is 0.120. The molecule has 0 radical (unpaired) electrons. The van der Waals surface area contributed by atoms with Crippen molar-refractivity contribution in [1.82, 2.24) is 10.2 Å². The molecule has 1 N–H and O–H groups in total. The van der Waals surface area contributed by atoms with E-state index >= 15 is 0 Å². The monoisotopic (exact) mass is 274 g/mol. The molecule has 0 saturated carbocycles. The highest BCUT2D eigenvalue weighted by Crippen LogP contribution is 2.16. The van der Waals surface area contributed by atoms with E-state index in [0.717, 1.165) is 12.8 Å². The third-order valence-corrected chi connectivity index (χ3v) is 3.72.